The molecular weight excluding hydrogens is 358 g/mol. The highest BCUT2D eigenvalue weighted by Gasteiger charge is 2.25. The molecule has 1 unspecified atom stereocenters. The Morgan fingerprint density at radius 1 is 1.00 bits per heavy atom. The van der Waals surface area contributed by atoms with Gasteiger partial charge < -0.3 is 15.0 Å². The van der Waals surface area contributed by atoms with Gasteiger partial charge in [-0.15, -0.1) is 0 Å². The van der Waals surface area contributed by atoms with E-state index in [2.05, 4.69) is 40.6 Å². The first-order valence-electron chi connectivity index (χ1n) is 9.86. The number of aromatic amines is 1. The first-order chi connectivity index (χ1) is 14.3. The molecule has 5 rings (SSSR count). The number of hydrogen-bond acceptors (Lipinski definition) is 3. The van der Waals surface area contributed by atoms with Crippen molar-refractivity contribution in [2.75, 3.05) is 6.54 Å². The standard InChI is InChI=1S/C25H21N3O/c26-15-17-6-8-19(9-7-17)24-25-21(12-13-27-24)22-14-20(10-11-23(22)28-25)29-16-18-4-2-1-3-5-18/h1-11,14,24,27-28H,12-13,16H2. The highest BCUT2D eigenvalue weighted by atomic mass is 16.5. The van der Waals surface area contributed by atoms with Crippen molar-refractivity contribution in [3.8, 4) is 11.8 Å². The number of fused-ring (bicyclic) bond motifs is 3. The first-order valence-corrected chi connectivity index (χ1v) is 9.86. The lowest BCUT2D eigenvalue weighted by Gasteiger charge is -2.25. The number of nitrogens with zero attached hydrogens (tertiary/aromatic N) is 1. The van der Waals surface area contributed by atoms with Crippen LogP contribution in [0.2, 0.25) is 0 Å². The van der Waals surface area contributed by atoms with Crippen LogP contribution in [0, 0.1) is 11.3 Å². The van der Waals surface area contributed by atoms with Crippen molar-refractivity contribution in [3.63, 3.8) is 0 Å². The summed E-state index contributed by atoms with van der Waals surface area (Å²) in [6.45, 7) is 1.48. The second-order valence-corrected chi connectivity index (χ2v) is 7.37. The van der Waals surface area contributed by atoms with Gasteiger partial charge in [0.1, 0.15) is 12.4 Å². The van der Waals surface area contributed by atoms with E-state index in [-0.39, 0.29) is 6.04 Å². The van der Waals surface area contributed by atoms with Crippen molar-refractivity contribution < 1.29 is 4.74 Å². The topological polar surface area (TPSA) is 60.8 Å². The maximum atomic E-state index is 9.05. The van der Waals surface area contributed by atoms with Crippen molar-refractivity contribution >= 4 is 10.9 Å². The van der Waals surface area contributed by atoms with E-state index in [0.717, 1.165) is 35.4 Å². The fourth-order valence-corrected chi connectivity index (χ4v) is 4.07. The van der Waals surface area contributed by atoms with E-state index in [1.807, 2.05) is 48.5 Å². The van der Waals surface area contributed by atoms with Gasteiger partial charge in [-0.3, -0.25) is 0 Å². The zero-order chi connectivity index (χ0) is 19.6. The van der Waals surface area contributed by atoms with Crippen molar-refractivity contribution in [1.82, 2.24) is 10.3 Å². The number of benzene rings is 3. The molecule has 142 valence electrons. The SMILES string of the molecule is N#Cc1ccc(C2NCCc3c2[nH]c2ccc(OCc4ccccc4)cc32)cc1. The molecule has 4 aromatic rings. The molecule has 2 heterocycles. The van der Waals surface area contributed by atoms with Crippen LogP contribution in [0.25, 0.3) is 10.9 Å². The molecular formula is C25H21N3O. The minimum atomic E-state index is 0.104. The van der Waals surface area contributed by atoms with E-state index in [0.29, 0.717) is 12.2 Å². The van der Waals surface area contributed by atoms with E-state index in [1.54, 1.807) is 0 Å². The molecule has 0 aliphatic carbocycles. The number of H-pyrrole nitrogens is 1. The van der Waals surface area contributed by atoms with E-state index in [1.165, 1.54) is 16.6 Å². The van der Waals surface area contributed by atoms with E-state index >= 15 is 0 Å². The van der Waals surface area contributed by atoms with Gasteiger partial charge in [0, 0.05) is 23.1 Å². The lowest BCUT2D eigenvalue weighted by Crippen LogP contribution is -2.30. The summed E-state index contributed by atoms with van der Waals surface area (Å²) in [5, 5.41) is 13.9. The fourth-order valence-electron chi connectivity index (χ4n) is 4.07. The number of aromatic nitrogens is 1. The highest BCUT2D eigenvalue weighted by molar-refractivity contribution is 5.86. The smallest absolute Gasteiger partial charge is 0.120 e. The van der Waals surface area contributed by atoms with Crippen LogP contribution in [0.3, 0.4) is 0 Å². The highest BCUT2D eigenvalue weighted by Crippen LogP contribution is 2.35. The second-order valence-electron chi connectivity index (χ2n) is 7.37. The molecule has 2 N–H and O–H groups in total. The van der Waals surface area contributed by atoms with Crippen LogP contribution in [0.15, 0.2) is 72.8 Å². The summed E-state index contributed by atoms with van der Waals surface area (Å²) in [5.74, 6) is 0.886. The van der Waals surface area contributed by atoms with Crippen LogP contribution >= 0.6 is 0 Å². The molecule has 0 fully saturated rings. The van der Waals surface area contributed by atoms with Crippen molar-refractivity contribution in [3.05, 3.63) is 101 Å². The Hall–Kier alpha value is -3.55. The summed E-state index contributed by atoms with van der Waals surface area (Å²) in [6, 6.07) is 26.6. The van der Waals surface area contributed by atoms with Gasteiger partial charge in [-0.2, -0.15) is 5.26 Å². The molecule has 1 aliphatic rings. The number of ether oxygens (including phenoxy) is 1. The van der Waals surface area contributed by atoms with Crippen molar-refractivity contribution in [1.29, 1.82) is 5.26 Å². The summed E-state index contributed by atoms with van der Waals surface area (Å²) in [6.07, 6.45) is 0.976. The number of nitrogens with one attached hydrogen (secondary N) is 2. The van der Waals surface area contributed by atoms with Crippen LogP contribution in [-0.4, -0.2) is 11.5 Å². The van der Waals surface area contributed by atoms with Crippen molar-refractivity contribution in [2.45, 2.75) is 19.1 Å². The molecule has 4 nitrogen and oxygen atoms in total. The zero-order valence-electron chi connectivity index (χ0n) is 16.0. The largest absolute Gasteiger partial charge is 0.489 e. The van der Waals surface area contributed by atoms with E-state index in [9.17, 15) is 0 Å². The fraction of sp³-hybridized carbons (Fsp3) is 0.160. The Kier molecular flexibility index (Phi) is 4.51. The van der Waals surface area contributed by atoms with Gasteiger partial charge in [-0.1, -0.05) is 42.5 Å². The molecule has 0 spiro atoms. The van der Waals surface area contributed by atoms with Gasteiger partial charge >= 0.3 is 0 Å². The Morgan fingerprint density at radius 2 is 1.83 bits per heavy atom. The Balaban J connectivity index is 1.46. The van der Waals surface area contributed by atoms with Crippen molar-refractivity contribution in [2.24, 2.45) is 0 Å². The molecule has 4 heteroatoms. The Labute approximate surface area is 169 Å². The predicted molar refractivity (Wildman–Crippen MR) is 114 cm³/mol. The lowest BCUT2D eigenvalue weighted by atomic mass is 9.94. The van der Waals surface area contributed by atoms with Gasteiger partial charge in [0.05, 0.1) is 17.7 Å². The molecule has 0 amide bonds. The molecule has 29 heavy (non-hydrogen) atoms. The number of hydrogen-bond donors (Lipinski definition) is 2. The summed E-state index contributed by atoms with van der Waals surface area (Å²) in [5.41, 5.74) is 6.69. The van der Waals surface area contributed by atoms with Crippen LogP contribution in [0.1, 0.15) is 34.0 Å². The van der Waals surface area contributed by atoms with Gasteiger partial charge in [-0.25, -0.2) is 0 Å². The maximum absolute atomic E-state index is 9.05. The minimum Gasteiger partial charge on any atom is -0.489 e. The monoisotopic (exact) mass is 379 g/mol. The molecule has 0 saturated heterocycles. The quantitative estimate of drug-likeness (QED) is 0.533. The summed E-state index contributed by atoms with van der Waals surface area (Å²) >= 11 is 0. The predicted octanol–water partition coefficient (Wildman–Crippen LogP) is 4.85. The number of nitriles is 1. The van der Waals surface area contributed by atoms with Crippen LogP contribution in [0.4, 0.5) is 0 Å². The van der Waals surface area contributed by atoms with E-state index < -0.39 is 0 Å². The summed E-state index contributed by atoms with van der Waals surface area (Å²) in [7, 11) is 0. The molecule has 0 saturated carbocycles. The minimum absolute atomic E-state index is 0.104. The molecule has 1 aliphatic heterocycles. The zero-order valence-corrected chi connectivity index (χ0v) is 16.0. The lowest BCUT2D eigenvalue weighted by molar-refractivity contribution is 0.306. The maximum Gasteiger partial charge on any atom is 0.120 e. The van der Waals surface area contributed by atoms with Crippen LogP contribution < -0.4 is 10.1 Å². The average molecular weight is 379 g/mol. The van der Waals surface area contributed by atoms with E-state index in [4.69, 9.17) is 10.00 Å². The Bertz CT molecular complexity index is 1190. The third-order valence-corrected chi connectivity index (χ3v) is 5.54. The summed E-state index contributed by atoms with van der Waals surface area (Å²) < 4.78 is 6.04. The third-order valence-electron chi connectivity index (χ3n) is 5.54. The second kappa shape index (κ2) is 7.46. The van der Waals surface area contributed by atoms with Crippen LogP contribution in [0.5, 0.6) is 5.75 Å². The molecule has 1 aromatic heterocycles. The molecule has 3 aromatic carbocycles. The Morgan fingerprint density at radius 3 is 2.62 bits per heavy atom. The summed E-state index contributed by atoms with van der Waals surface area (Å²) in [4.78, 5) is 3.61. The first kappa shape index (κ1) is 17.5. The van der Waals surface area contributed by atoms with Gasteiger partial charge in [0.15, 0.2) is 0 Å². The molecule has 1 atom stereocenters. The molecule has 0 radical (unpaired) electrons. The van der Waals surface area contributed by atoms with Gasteiger partial charge in [0.2, 0.25) is 0 Å². The average Bonchev–Trinajstić information content (AvgIpc) is 3.16. The van der Waals surface area contributed by atoms with Gasteiger partial charge in [-0.05, 0) is 53.4 Å². The van der Waals surface area contributed by atoms with Gasteiger partial charge in [0.25, 0.3) is 0 Å². The van der Waals surface area contributed by atoms with Crippen LogP contribution in [-0.2, 0) is 13.0 Å². The number of rotatable bonds is 4. The normalized spacial score (nSPS) is 15.6. The molecule has 0 bridgehead atoms. The third kappa shape index (κ3) is 3.37.